The van der Waals surface area contributed by atoms with E-state index in [9.17, 15) is 23.7 Å². The van der Waals surface area contributed by atoms with E-state index in [4.69, 9.17) is 27.8 Å². The molecule has 0 radical (unpaired) electrons. The van der Waals surface area contributed by atoms with Crippen LogP contribution in [0.5, 0.6) is 0 Å². The van der Waals surface area contributed by atoms with Crippen LogP contribution in [0.25, 0.3) is 0 Å². The van der Waals surface area contributed by atoms with Crippen LogP contribution < -0.4 is 11.2 Å². The van der Waals surface area contributed by atoms with Gasteiger partial charge in [0, 0.05) is 24.1 Å². The Labute approximate surface area is 195 Å². The van der Waals surface area contributed by atoms with Crippen molar-refractivity contribution in [1.82, 2.24) is 9.55 Å². The maximum atomic E-state index is 13.1. The molecule has 1 unspecified atom stereocenters. The normalized spacial score (nSPS) is 25.9. The fourth-order valence-electron chi connectivity index (χ4n) is 3.47. The predicted molar refractivity (Wildman–Crippen MR) is 114 cm³/mol. The Bertz CT molecular complexity index is 1040. The Kier molecular flexibility index (Phi) is 8.14. The maximum Gasteiger partial charge on any atom is 0.481 e. The molecule has 2 heterocycles. The summed E-state index contributed by atoms with van der Waals surface area (Å²) in [6.45, 7) is 6.91. The number of ether oxygens (including phenoxy) is 3. The molecule has 190 valence electrons. The van der Waals surface area contributed by atoms with Crippen molar-refractivity contribution in [1.29, 1.82) is 0 Å². The highest BCUT2D eigenvalue weighted by atomic mass is 31.2. The van der Waals surface area contributed by atoms with E-state index in [2.05, 4.69) is 4.98 Å². The first-order chi connectivity index (χ1) is 15.9. The zero-order chi connectivity index (χ0) is 25.2. The minimum atomic E-state index is -4.32. The number of phosphoric ester groups is 1. The van der Waals surface area contributed by atoms with Crippen molar-refractivity contribution in [3.8, 4) is 0 Å². The lowest BCUT2D eigenvalue weighted by Crippen LogP contribution is -2.34. The fraction of sp³-hybridized carbons (Fsp3) is 0.700. The second-order valence-corrected chi connectivity index (χ2v) is 10.3. The highest BCUT2D eigenvalue weighted by Crippen LogP contribution is 2.62. The van der Waals surface area contributed by atoms with E-state index in [1.165, 1.54) is 16.8 Å². The standard InChI is InChI=1S/C20H29N2O11P/c1-10(2)18(24)28-8-30-34(27,31-9-29-19(25)11(3)4)33-16-14-12(5)17(32-15(14)16)22-7-6-13(23)21-20(22)26/h6-7,10-12,14-17H,8-9H2,1-5H3,(H,21,23,26)/t12-,14?,15-,16+,17+/m0/s1. The molecule has 1 aliphatic carbocycles. The van der Waals surface area contributed by atoms with E-state index < -0.39 is 74.9 Å². The van der Waals surface area contributed by atoms with Crippen molar-refractivity contribution < 1.29 is 41.9 Å². The van der Waals surface area contributed by atoms with Crippen LogP contribution in [-0.4, -0.2) is 47.3 Å². The van der Waals surface area contributed by atoms with Gasteiger partial charge in [-0.15, -0.1) is 0 Å². The lowest BCUT2D eigenvalue weighted by atomic mass is 10.1. The van der Waals surface area contributed by atoms with Crippen molar-refractivity contribution in [2.45, 2.75) is 53.1 Å². The summed E-state index contributed by atoms with van der Waals surface area (Å²) < 4.78 is 45.8. The number of nitrogens with one attached hydrogen (secondary N) is 1. The minimum Gasteiger partial charge on any atom is -0.438 e. The second kappa shape index (κ2) is 10.5. The van der Waals surface area contributed by atoms with Gasteiger partial charge in [0.1, 0.15) is 12.3 Å². The lowest BCUT2D eigenvalue weighted by molar-refractivity contribution is -0.158. The van der Waals surface area contributed by atoms with Gasteiger partial charge in [-0.2, -0.15) is 0 Å². The monoisotopic (exact) mass is 504 g/mol. The molecule has 0 aromatic carbocycles. The van der Waals surface area contributed by atoms with Crippen LogP contribution in [0.3, 0.4) is 0 Å². The molecule has 34 heavy (non-hydrogen) atoms. The van der Waals surface area contributed by atoms with E-state index in [1.807, 2.05) is 6.92 Å². The molecule has 0 spiro atoms. The summed E-state index contributed by atoms with van der Waals surface area (Å²) in [5.41, 5.74) is -1.13. The Morgan fingerprint density at radius 3 is 2.09 bits per heavy atom. The Morgan fingerprint density at radius 1 is 1.09 bits per heavy atom. The average Bonchev–Trinajstić information content (AvgIpc) is 3.29. The quantitative estimate of drug-likeness (QED) is 0.264. The predicted octanol–water partition coefficient (Wildman–Crippen LogP) is 1.54. The van der Waals surface area contributed by atoms with Gasteiger partial charge in [-0.05, 0) is 0 Å². The highest BCUT2D eigenvalue weighted by Gasteiger charge is 2.66. The summed E-state index contributed by atoms with van der Waals surface area (Å²) in [6, 6.07) is 1.21. The molecule has 1 N–H and O–H groups in total. The number of hydrogen-bond acceptors (Lipinski definition) is 11. The van der Waals surface area contributed by atoms with Gasteiger partial charge in [0.05, 0.1) is 17.9 Å². The lowest BCUT2D eigenvalue weighted by Gasteiger charge is -2.24. The molecule has 1 aliphatic heterocycles. The van der Waals surface area contributed by atoms with Crippen LogP contribution in [0.1, 0.15) is 40.8 Å². The van der Waals surface area contributed by atoms with E-state index in [1.54, 1.807) is 27.7 Å². The molecule has 14 heteroatoms. The third-order valence-corrected chi connectivity index (χ3v) is 6.78. The van der Waals surface area contributed by atoms with Gasteiger partial charge in [-0.1, -0.05) is 34.6 Å². The molecular formula is C20H29N2O11P. The largest absolute Gasteiger partial charge is 0.481 e. The van der Waals surface area contributed by atoms with Crippen molar-refractivity contribution in [3.05, 3.63) is 33.1 Å². The number of H-pyrrole nitrogens is 1. The Hall–Kier alpha value is -2.31. The molecule has 0 amide bonds. The zero-order valence-corrected chi connectivity index (χ0v) is 20.4. The first-order valence-electron chi connectivity index (χ1n) is 10.8. The Balaban J connectivity index is 1.63. The van der Waals surface area contributed by atoms with Gasteiger partial charge < -0.3 is 14.2 Å². The number of aromatic amines is 1. The molecule has 3 rings (SSSR count). The minimum absolute atomic E-state index is 0.246. The van der Waals surface area contributed by atoms with Crippen molar-refractivity contribution in [2.75, 3.05) is 13.6 Å². The van der Waals surface area contributed by atoms with Crippen LogP contribution in [-0.2, 0) is 41.9 Å². The second-order valence-electron chi connectivity index (χ2n) is 8.69. The van der Waals surface area contributed by atoms with E-state index in [0.717, 1.165) is 0 Å². The first kappa shape index (κ1) is 26.3. The molecule has 5 atom stereocenters. The summed E-state index contributed by atoms with van der Waals surface area (Å²) in [4.78, 5) is 48.8. The molecule has 2 fully saturated rings. The Morgan fingerprint density at radius 2 is 1.65 bits per heavy atom. The van der Waals surface area contributed by atoms with Gasteiger partial charge in [0.15, 0.2) is 0 Å². The topological polar surface area (TPSA) is 161 Å². The van der Waals surface area contributed by atoms with Crippen LogP contribution in [0.15, 0.2) is 21.9 Å². The molecule has 1 saturated carbocycles. The summed E-state index contributed by atoms with van der Waals surface area (Å²) in [5.74, 6) is -2.51. The first-order valence-corrected chi connectivity index (χ1v) is 12.3. The maximum absolute atomic E-state index is 13.1. The van der Waals surface area contributed by atoms with E-state index in [-0.39, 0.29) is 11.8 Å². The highest BCUT2D eigenvalue weighted by molar-refractivity contribution is 7.48. The smallest absolute Gasteiger partial charge is 0.438 e. The molecule has 1 aromatic heterocycles. The summed E-state index contributed by atoms with van der Waals surface area (Å²) in [7, 11) is -4.32. The SMILES string of the molecule is CC(C)C(=O)OCOP(=O)(OCOC(=O)C(C)C)O[C@@H]1C2[C@H](C)[C@H](n3ccc(=O)[nH]c3=O)O[C@@H]21. The number of carbonyl (C=O) groups excluding carboxylic acids is 2. The zero-order valence-electron chi connectivity index (χ0n) is 19.5. The summed E-state index contributed by atoms with van der Waals surface area (Å²) >= 11 is 0. The number of carbonyl (C=O) groups is 2. The van der Waals surface area contributed by atoms with Gasteiger partial charge in [-0.25, -0.2) is 18.4 Å². The van der Waals surface area contributed by atoms with E-state index in [0.29, 0.717) is 0 Å². The van der Waals surface area contributed by atoms with Gasteiger partial charge in [0.25, 0.3) is 5.56 Å². The molecule has 0 bridgehead atoms. The van der Waals surface area contributed by atoms with Crippen molar-refractivity contribution in [2.24, 2.45) is 23.7 Å². The molecular weight excluding hydrogens is 475 g/mol. The van der Waals surface area contributed by atoms with E-state index >= 15 is 0 Å². The van der Waals surface area contributed by atoms with Crippen LogP contribution in [0, 0.1) is 23.7 Å². The van der Waals surface area contributed by atoms with Crippen LogP contribution in [0.2, 0.25) is 0 Å². The number of aromatic nitrogens is 2. The fourth-order valence-corrected chi connectivity index (χ4v) is 4.59. The molecule has 1 aromatic rings. The average molecular weight is 504 g/mol. The number of rotatable bonds is 11. The molecule has 1 saturated heterocycles. The number of hydrogen-bond donors (Lipinski definition) is 1. The van der Waals surface area contributed by atoms with Gasteiger partial charge >= 0.3 is 25.5 Å². The third kappa shape index (κ3) is 6.02. The third-order valence-electron chi connectivity index (χ3n) is 5.44. The number of esters is 2. The van der Waals surface area contributed by atoms with Gasteiger partial charge in [0.2, 0.25) is 13.6 Å². The van der Waals surface area contributed by atoms with Crippen LogP contribution in [0.4, 0.5) is 0 Å². The van der Waals surface area contributed by atoms with Crippen LogP contribution >= 0.6 is 7.82 Å². The number of fused-ring (bicyclic) bond motifs is 1. The number of nitrogens with zero attached hydrogens (tertiary/aromatic N) is 1. The van der Waals surface area contributed by atoms with Gasteiger partial charge in [-0.3, -0.25) is 28.5 Å². The summed E-state index contributed by atoms with van der Waals surface area (Å²) in [5, 5.41) is 0. The van der Waals surface area contributed by atoms with Crippen molar-refractivity contribution in [3.63, 3.8) is 0 Å². The molecule has 2 aliphatic rings. The molecule has 13 nitrogen and oxygen atoms in total. The number of phosphoric acid groups is 1. The van der Waals surface area contributed by atoms with Crippen molar-refractivity contribution >= 4 is 19.8 Å². The summed E-state index contributed by atoms with van der Waals surface area (Å²) in [6.07, 6.45) is -0.529.